The van der Waals surface area contributed by atoms with Crippen LogP contribution in [0.2, 0.25) is 0 Å². The van der Waals surface area contributed by atoms with Crippen molar-refractivity contribution < 1.29 is 23.4 Å². The molecule has 1 N–H and O–H groups in total. The van der Waals surface area contributed by atoms with Crippen molar-refractivity contribution >= 4 is 21.8 Å². The lowest BCUT2D eigenvalue weighted by atomic mass is 10.1. The van der Waals surface area contributed by atoms with E-state index in [4.69, 9.17) is 14.2 Å². The van der Waals surface area contributed by atoms with E-state index in [0.29, 0.717) is 43.6 Å². The van der Waals surface area contributed by atoms with E-state index >= 15 is 0 Å². The molecule has 0 radical (unpaired) electrons. The minimum absolute atomic E-state index is 0.134. The first-order valence-corrected chi connectivity index (χ1v) is 9.55. The molecule has 27 heavy (non-hydrogen) atoms. The molecular weight excluding hydrogens is 417 g/mol. The number of nitrogens with one attached hydrogen (secondary N) is 1. The van der Waals surface area contributed by atoms with Crippen molar-refractivity contribution in [1.29, 1.82) is 0 Å². The van der Waals surface area contributed by atoms with Crippen LogP contribution in [0.3, 0.4) is 0 Å². The fraction of sp³-hybridized carbons (Fsp3) is 0.350. The number of amides is 1. The summed E-state index contributed by atoms with van der Waals surface area (Å²) in [7, 11) is 0. The van der Waals surface area contributed by atoms with Crippen molar-refractivity contribution in [2.24, 2.45) is 0 Å². The first kappa shape index (κ1) is 21.0. The molecule has 0 atom stereocenters. The predicted octanol–water partition coefficient (Wildman–Crippen LogP) is 4.12. The van der Waals surface area contributed by atoms with Gasteiger partial charge in [-0.25, -0.2) is 4.39 Å². The maximum Gasteiger partial charge on any atom is 0.224 e. The molecule has 0 aliphatic rings. The fourth-order valence-electron chi connectivity index (χ4n) is 2.37. The normalized spacial score (nSPS) is 10.4. The third-order valence-corrected chi connectivity index (χ3v) is 4.31. The molecule has 0 unspecified atom stereocenters. The second kappa shape index (κ2) is 10.8. The summed E-state index contributed by atoms with van der Waals surface area (Å²) in [4.78, 5) is 12.2. The number of hydrogen-bond donors (Lipinski definition) is 1. The Morgan fingerprint density at radius 3 is 2.30 bits per heavy atom. The summed E-state index contributed by atoms with van der Waals surface area (Å²) < 4.78 is 30.2. The molecule has 146 valence electrons. The van der Waals surface area contributed by atoms with E-state index in [1.165, 1.54) is 12.1 Å². The third-order valence-electron chi connectivity index (χ3n) is 3.57. The summed E-state index contributed by atoms with van der Waals surface area (Å²) in [6, 6.07) is 9.37. The Labute approximate surface area is 166 Å². The number of rotatable bonds is 10. The monoisotopic (exact) mass is 439 g/mol. The molecule has 2 rings (SSSR count). The van der Waals surface area contributed by atoms with Gasteiger partial charge in [0.05, 0.1) is 26.2 Å². The first-order chi connectivity index (χ1) is 13.0. The van der Waals surface area contributed by atoms with Crippen molar-refractivity contribution in [3.05, 3.63) is 52.3 Å². The van der Waals surface area contributed by atoms with Crippen LogP contribution in [0.1, 0.15) is 19.4 Å². The summed E-state index contributed by atoms with van der Waals surface area (Å²) in [5, 5.41) is 2.80. The van der Waals surface area contributed by atoms with Gasteiger partial charge < -0.3 is 19.5 Å². The standard InChI is InChI=1S/C20H23BrFNO4/c1-3-25-18-11-14(17(21)13-19(18)26-4-2)12-20(24)23-9-10-27-16-7-5-15(22)6-8-16/h5-8,11,13H,3-4,9-10,12H2,1-2H3,(H,23,24). The van der Waals surface area contributed by atoms with E-state index in [0.717, 1.165) is 10.0 Å². The van der Waals surface area contributed by atoms with Crippen LogP contribution in [0.15, 0.2) is 40.9 Å². The van der Waals surface area contributed by atoms with Gasteiger partial charge in [-0.15, -0.1) is 0 Å². The highest BCUT2D eigenvalue weighted by Gasteiger charge is 2.13. The Bertz CT molecular complexity index is 752. The SMILES string of the molecule is CCOc1cc(Br)c(CC(=O)NCCOc2ccc(F)cc2)cc1OCC. The Kier molecular flexibility index (Phi) is 8.39. The maximum absolute atomic E-state index is 12.8. The Balaban J connectivity index is 1.87. The van der Waals surface area contributed by atoms with Gasteiger partial charge in [-0.1, -0.05) is 15.9 Å². The van der Waals surface area contributed by atoms with Gasteiger partial charge >= 0.3 is 0 Å². The lowest BCUT2D eigenvalue weighted by Gasteiger charge is -2.14. The zero-order chi connectivity index (χ0) is 19.6. The van der Waals surface area contributed by atoms with Crippen LogP contribution < -0.4 is 19.5 Å². The van der Waals surface area contributed by atoms with Gasteiger partial charge in [0, 0.05) is 4.47 Å². The summed E-state index contributed by atoms with van der Waals surface area (Å²) in [6.07, 6.45) is 0.198. The molecular formula is C20H23BrFNO4. The predicted molar refractivity (Wildman–Crippen MR) is 105 cm³/mol. The van der Waals surface area contributed by atoms with E-state index in [2.05, 4.69) is 21.2 Å². The van der Waals surface area contributed by atoms with Crippen molar-refractivity contribution in [2.45, 2.75) is 20.3 Å². The van der Waals surface area contributed by atoms with Crippen LogP contribution in [0.25, 0.3) is 0 Å². The highest BCUT2D eigenvalue weighted by Crippen LogP contribution is 2.34. The van der Waals surface area contributed by atoms with Crippen LogP contribution >= 0.6 is 15.9 Å². The molecule has 0 aliphatic carbocycles. The molecule has 1 amide bonds. The second-order valence-corrected chi connectivity index (χ2v) is 6.44. The zero-order valence-electron chi connectivity index (χ0n) is 15.4. The van der Waals surface area contributed by atoms with Crippen molar-refractivity contribution in [2.75, 3.05) is 26.4 Å². The molecule has 2 aromatic carbocycles. The van der Waals surface area contributed by atoms with Gasteiger partial charge in [-0.3, -0.25) is 4.79 Å². The number of benzene rings is 2. The van der Waals surface area contributed by atoms with Crippen LogP contribution in [-0.4, -0.2) is 32.3 Å². The van der Waals surface area contributed by atoms with E-state index in [-0.39, 0.29) is 18.1 Å². The Morgan fingerprint density at radius 1 is 1.04 bits per heavy atom. The van der Waals surface area contributed by atoms with E-state index in [1.807, 2.05) is 26.0 Å². The Morgan fingerprint density at radius 2 is 1.67 bits per heavy atom. The summed E-state index contributed by atoms with van der Waals surface area (Å²) in [5.74, 6) is 1.36. The average Bonchev–Trinajstić information content (AvgIpc) is 2.64. The van der Waals surface area contributed by atoms with Gasteiger partial charge in [0.1, 0.15) is 18.2 Å². The van der Waals surface area contributed by atoms with Crippen molar-refractivity contribution in [3.8, 4) is 17.2 Å². The lowest BCUT2D eigenvalue weighted by molar-refractivity contribution is -0.120. The summed E-state index contributed by atoms with van der Waals surface area (Å²) >= 11 is 3.48. The van der Waals surface area contributed by atoms with Gasteiger partial charge in [0.15, 0.2) is 11.5 Å². The van der Waals surface area contributed by atoms with Gasteiger partial charge in [-0.2, -0.15) is 0 Å². The van der Waals surface area contributed by atoms with E-state index < -0.39 is 0 Å². The fourth-order valence-corrected chi connectivity index (χ4v) is 2.84. The molecule has 0 spiro atoms. The quantitative estimate of drug-likeness (QED) is 0.565. The number of carbonyl (C=O) groups is 1. The highest BCUT2D eigenvalue weighted by molar-refractivity contribution is 9.10. The van der Waals surface area contributed by atoms with Gasteiger partial charge in [0.2, 0.25) is 5.91 Å². The van der Waals surface area contributed by atoms with E-state index in [9.17, 15) is 9.18 Å². The molecule has 0 fully saturated rings. The largest absolute Gasteiger partial charge is 0.492 e. The second-order valence-electron chi connectivity index (χ2n) is 5.59. The molecule has 0 heterocycles. The summed E-state index contributed by atoms with van der Waals surface area (Å²) in [6.45, 7) is 5.48. The van der Waals surface area contributed by atoms with Crippen LogP contribution in [-0.2, 0) is 11.2 Å². The minimum Gasteiger partial charge on any atom is -0.492 e. The van der Waals surface area contributed by atoms with Crippen LogP contribution in [0.4, 0.5) is 4.39 Å². The molecule has 0 aromatic heterocycles. The van der Waals surface area contributed by atoms with Crippen LogP contribution in [0, 0.1) is 5.82 Å². The smallest absolute Gasteiger partial charge is 0.224 e. The number of ether oxygens (including phenoxy) is 3. The topological polar surface area (TPSA) is 56.8 Å². The molecule has 5 nitrogen and oxygen atoms in total. The molecule has 0 saturated carbocycles. The number of carbonyl (C=O) groups excluding carboxylic acids is 1. The van der Waals surface area contributed by atoms with Crippen molar-refractivity contribution in [3.63, 3.8) is 0 Å². The highest BCUT2D eigenvalue weighted by atomic mass is 79.9. The zero-order valence-corrected chi connectivity index (χ0v) is 17.0. The molecule has 2 aromatic rings. The first-order valence-electron chi connectivity index (χ1n) is 8.76. The molecule has 7 heteroatoms. The Hall–Kier alpha value is -2.28. The molecule has 0 aliphatic heterocycles. The third kappa shape index (κ3) is 6.75. The molecule has 0 saturated heterocycles. The van der Waals surface area contributed by atoms with Gasteiger partial charge in [0.25, 0.3) is 0 Å². The van der Waals surface area contributed by atoms with Crippen molar-refractivity contribution in [1.82, 2.24) is 5.32 Å². The van der Waals surface area contributed by atoms with Crippen LogP contribution in [0.5, 0.6) is 17.2 Å². The summed E-state index contributed by atoms with van der Waals surface area (Å²) in [5.41, 5.74) is 0.804. The number of hydrogen-bond acceptors (Lipinski definition) is 4. The van der Waals surface area contributed by atoms with Gasteiger partial charge in [-0.05, 0) is 55.8 Å². The molecule has 0 bridgehead atoms. The lowest BCUT2D eigenvalue weighted by Crippen LogP contribution is -2.29. The average molecular weight is 440 g/mol. The maximum atomic E-state index is 12.8. The minimum atomic E-state index is -0.317. The number of halogens is 2. The van der Waals surface area contributed by atoms with E-state index in [1.54, 1.807) is 12.1 Å².